The summed E-state index contributed by atoms with van der Waals surface area (Å²) in [5, 5.41) is 12.6. The summed E-state index contributed by atoms with van der Waals surface area (Å²) < 4.78 is 5.44. The van der Waals surface area contributed by atoms with Crippen molar-refractivity contribution in [1.29, 1.82) is 0 Å². The van der Waals surface area contributed by atoms with Gasteiger partial charge in [0.2, 0.25) is 0 Å². The van der Waals surface area contributed by atoms with Crippen LogP contribution in [0.2, 0.25) is 5.02 Å². The Morgan fingerprint density at radius 3 is 2.88 bits per heavy atom. The van der Waals surface area contributed by atoms with E-state index in [4.69, 9.17) is 21.4 Å². The molecule has 1 aromatic carbocycles. The molecule has 0 saturated carbocycles. The Bertz CT molecular complexity index is 331. The molecule has 96 valence electrons. The van der Waals surface area contributed by atoms with Crippen molar-refractivity contribution in [3.8, 4) is 0 Å². The number of benzene rings is 1. The van der Waals surface area contributed by atoms with Gasteiger partial charge in [0.15, 0.2) is 0 Å². The minimum atomic E-state index is 0.123. The first kappa shape index (κ1) is 14.3. The molecule has 0 aliphatic heterocycles. The Labute approximate surface area is 108 Å². The van der Waals surface area contributed by atoms with Crippen LogP contribution in [0, 0.1) is 0 Å². The SMILES string of the molecule is CCCOCCc1cc(NCCO)ccc1Cl. The van der Waals surface area contributed by atoms with Gasteiger partial charge in [0, 0.05) is 23.9 Å². The predicted octanol–water partition coefficient (Wildman–Crippen LogP) is 2.71. The van der Waals surface area contributed by atoms with Crippen molar-refractivity contribution in [3.05, 3.63) is 28.8 Å². The van der Waals surface area contributed by atoms with E-state index in [0.29, 0.717) is 13.2 Å². The van der Waals surface area contributed by atoms with Crippen LogP contribution in [0.4, 0.5) is 5.69 Å². The van der Waals surface area contributed by atoms with Crippen LogP contribution in [0.1, 0.15) is 18.9 Å². The number of ether oxygens (including phenoxy) is 1. The molecule has 0 aliphatic carbocycles. The molecule has 4 heteroatoms. The maximum atomic E-state index is 8.74. The van der Waals surface area contributed by atoms with E-state index in [9.17, 15) is 0 Å². The fourth-order valence-electron chi connectivity index (χ4n) is 1.51. The van der Waals surface area contributed by atoms with Crippen molar-refractivity contribution in [2.75, 3.05) is 31.7 Å². The number of nitrogens with one attached hydrogen (secondary N) is 1. The average Bonchev–Trinajstić information content (AvgIpc) is 2.35. The van der Waals surface area contributed by atoms with Crippen LogP contribution in [0.3, 0.4) is 0 Å². The Kier molecular flexibility index (Phi) is 7.01. The maximum absolute atomic E-state index is 8.74. The lowest BCUT2D eigenvalue weighted by Crippen LogP contribution is -2.06. The Morgan fingerprint density at radius 1 is 1.35 bits per heavy atom. The molecule has 1 aromatic rings. The van der Waals surface area contributed by atoms with Gasteiger partial charge in [-0.1, -0.05) is 18.5 Å². The van der Waals surface area contributed by atoms with E-state index in [2.05, 4.69) is 12.2 Å². The van der Waals surface area contributed by atoms with Gasteiger partial charge in [-0.05, 0) is 36.6 Å². The minimum Gasteiger partial charge on any atom is -0.395 e. The average molecular weight is 258 g/mol. The minimum absolute atomic E-state index is 0.123. The number of aliphatic hydroxyl groups excluding tert-OH is 1. The fourth-order valence-corrected chi connectivity index (χ4v) is 1.72. The first-order valence-corrected chi connectivity index (χ1v) is 6.36. The van der Waals surface area contributed by atoms with Crippen LogP contribution in [-0.4, -0.2) is 31.5 Å². The van der Waals surface area contributed by atoms with Gasteiger partial charge in [-0.25, -0.2) is 0 Å². The summed E-state index contributed by atoms with van der Waals surface area (Å²) in [5.41, 5.74) is 2.06. The van der Waals surface area contributed by atoms with Crippen molar-refractivity contribution >= 4 is 17.3 Å². The molecule has 3 nitrogen and oxygen atoms in total. The van der Waals surface area contributed by atoms with Crippen LogP contribution in [-0.2, 0) is 11.2 Å². The second-order valence-electron chi connectivity index (χ2n) is 3.82. The van der Waals surface area contributed by atoms with E-state index in [-0.39, 0.29) is 6.61 Å². The molecule has 0 aliphatic rings. The van der Waals surface area contributed by atoms with Crippen molar-refractivity contribution in [3.63, 3.8) is 0 Å². The van der Waals surface area contributed by atoms with Crippen molar-refractivity contribution < 1.29 is 9.84 Å². The molecule has 0 unspecified atom stereocenters. The molecule has 2 N–H and O–H groups in total. The van der Waals surface area contributed by atoms with Crippen molar-refractivity contribution in [2.24, 2.45) is 0 Å². The molecule has 0 fully saturated rings. The van der Waals surface area contributed by atoms with Gasteiger partial charge in [0.05, 0.1) is 13.2 Å². The number of rotatable bonds is 8. The van der Waals surface area contributed by atoms with Gasteiger partial charge in [-0.3, -0.25) is 0 Å². The Hall–Kier alpha value is -0.770. The molecular formula is C13H20ClNO2. The van der Waals surface area contributed by atoms with Gasteiger partial charge in [0.25, 0.3) is 0 Å². The van der Waals surface area contributed by atoms with Gasteiger partial charge >= 0.3 is 0 Å². The number of anilines is 1. The second-order valence-corrected chi connectivity index (χ2v) is 4.23. The highest BCUT2D eigenvalue weighted by Gasteiger charge is 2.02. The first-order valence-electron chi connectivity index (χ1n) is 5.98. The van der Waals surface area contributed by atoms with Crippen LogP contribution in [0.15, 0.2) is 18.2 Å². The van der Waals surface area contributed by atoms with E-state index < -0.39 is 0 Å². The third-order valence-electron chi connectivity index (χ3n) is 2.35. The van der Waals surface area contributed by atoms with Crippen LogP contribution >= 0.6 is 11.6 Å². The van der Waals surface area contributed by atoms with E-state index in [1.54, 1.807) is 0 Å². The smallest absolute Gasteiger partial charge is 0.0604 e. The molecule has 17 heavy (non-hydrogen) atoms. The summed E-state index contributed by atoms with van der Waals surface area (Å²) in [7, 11) is 0. The maximum Gasteiger partial charge on any atom is 0.0604 e. The quantitative estimate of drug-likeness (QED) is 0.704. The molecule has 0 amide bonds. The molecule has 1 rings (SSSR count). The molecular weight excluding hydrogens is 238 g/mol. The third-order valence-corrected chi connectivity index (χ3v) is 2.72. The van der Waals surface area contributed by atoms with Gasteiger partial charge in [-0.15, -0.1) is 0 Å². The van der Waals surface area contributed by atoms with Crippen LogP contribution in [0.25, 0.3) is 0 Å². The summed E-state index contributed by atoms with van der Waals surface area (Å²) in [5.74, 6) is 0. The number of hydrogen-bond acceptors (Lipinski definition) is 3. The third kappa shape index (κ3) is 5.39. The van der Waals surface area contributed by atoms with Gasteiger partial charge < -0.3 is 15.2 Å². The summed E-state index contributed by atoms with van der Waals surface area (Å²) in [6.07, 6.45) is 1.85. The summed E-state index contributed by atoms with van der Waals surface area (Å²) >= 11 is 6.11. The molecule has 0 saturated heterocycles. The fraction of sp³-hybridized carbons (Fsp3) is 0.538. The molecule has 0 radical (unpaired) electrons. The zero-order chi connectivity index (χ0) is 12.5. The first-order chi connectivity index (χ1) is 8.27. The van der Waals surface area contributed by atoms with Crippen molar-refractivity contribution in [1.82, 2.24) is 0 Å². The lowest BCUT2D eigenvalue weighted by atomic mass is 10.1. The number of hydrogen-bond donors (Lipinski definition) is 2. The van der Waals surface area contributed by atoms with Crippen LogP contribution in [0.5, 0.6) is 0 Å². The van der Waals surface area contributed by atoms with E-state index >= 15 is 0 Å². The Balaban J connectivity index is 2.50. The summed E-state index contributed by atoms with van der Waals surface area (Å²) in [4.78, 5) is 0. The molecule has 0 atom stereocenters. The van der Waals surface area contributed by atoms with Crippen molar-refractivity contribution in [2.45, 2.75) is 19.8 Å². The second kappa shape index (κ2) is 8.34. The van der Waals surface area contributed by atoms with E-state index in [0.717, 1.165) is 35.7 Å². The lowest BCUT2D eigenvalue weighted by Gasteiger charge is -2.09. The zero-order valence-corrected chi connectivity index (χ0v) is 11.0. The monoisotopic (exact) mass is 257 g/mol. The normalized spacial score (nSPS) is 10.5. The highest BCUT2D eigenvalue weighted by atomic mass is 35.5. The predicted molar refractivity (Wildman–Crippen MR) is 71.8 cm³/mol. The summed E-state index contributed by atoms with van der Waals surface area (Å²) in [6, 6.07) is 5.79. The van der Waals surface area contributed by atoms with E-state index in [1.165, 1.54) is 0 Å². The van der Waals surface area contributed by atoms with Crippen LogP contribution < -0.4 is 5.32 Å². The standard InChI is InChI=1S/C13H20ClNO2/c1-2-8-17-9-5-11-10-12(15-6-7-16)3-4-13(11)14/h3-4,10,15-16H,2,5-9H2,1H3. The molecule has 0 bridgehead atoms. The molecule has 0 spiro atoms. The molecule has 0 aromatic heterocycles. The zero-order valence-electron chi connectivity index (χ0n) is 10.2. The number of halogens is 1. The largest absolute Gasteiger partial charge is 0.395 e. The lowest BCUT2D eigenvalue weighted by molar-refractivity contribution is 0.138. The van der Waals surface area contributed by atoms with Gasteiger partial charge in [-0.2, -0.15) is 0 Å². The van der Waals surface area contributed by atoms with E-state index in [1.807, 2.05) is 18.2 Å². The summed E-state index contributed by atoms with van der Waals surface area (Å²) in [6.45, 7) is 4.24. The highest BCUT2D eigenvalue weighted by Crippen LogP contribution is 2.21. The number of aliphatic hydroxyl groups is 1. The highest BCUT2D eigenvalue weighted by molar-refractivity contribution is 6.31. The van der Waals surface area contributed by atoms with Gasteiger partial charge in [0.1, 0.15) is 0 Å². The topological polar surface area (TPSA) is 41.5 Å². The Morgan fingerprint density at radius 2 is 2.18 bits per heavy atom. The molecule has 0 heterocycles.